The van der Waals surface area contributed by atoms with Crippen molar-refractivity contribution in [3.63, 3.8) is 0 Å². The lowest BCUT2D eigenvalue weighted by atomic mass is 10.1. The minimum absolute atomic E-state index is 0.116. The number of rotatable bonds is 8. The van der Waals surface area contributed by atoms with Gasteiger partial charge in [0.25, 0.3) is 0 Å². The molecule has 146 valence electrons. The lowest BCUT2D eigenvalue weighted by Gasteiger charge is -2.30. The Morgan fingerprint density at radius 1 is 1.38 bits per heavy atom. The molecule has 2 atom stereocenters. The largest absolute Gasteiger partial charge is 0.493 e. The molecule has 2 N–H and O–H groups in total. The summed E-state index contributed by atoms with van der Waals surface area (Å²) in [6, 6.07) is 5.79. The van der Waals surface area contributed by atoms with Gasteiger partial charge in [-0.1, -0.05) is 19.4 Å². The van der Waals surface area contributed by atoms with Gasteiger partial charge in [-0.25, -0.2) is 4.79 Å². The van der Waals surface area contributed by atoms with E-state index in [-0.39, 0.29) is 18.1 Å². The van der Waals surface area contributed by atoms with E-state index < -0.39 is 0 Å². The van der Waals surface area contributed by atoms with Gasteiger partial charge >= 0.3 is 6.03 Å². The third-order valence-corrected chi connectivity index (χ3v) is 4.75. The second-order valence-corrected chi connectivity index (χ2v) is 7.05. The van der Waals surface area contributed by atoms with Crippen molar-refractivity contribution in [2.24, 2.45) is 0 Å². The van der Waals surface area contributed by atoms with Crippen LogP contribution in [0.1, 0.15) is 51.1 Å². The van der Waals surface area contributed by atoms with Crippen LogP contribution in [0.4, 0.5) is 4.79 Å². The standard InChI is InChI=1S/C20H33N3O3/c1-5-6-12-26-18-10-9-16(13-19(18)25-4)15(2)21-20(24)22-17-8-7-11-23(3)14-17/h9-10,13,15,17H,5-8,11-12,14H2,1-4H3,(H2,21,22,24)/t15-,17-/m0/s1. The molecule has 0 radical (unpaired) electrons. The van der Waals surface area contributed by atoms with E-state index in [2.05, 4.69) is 29.5 Å². The highest BCUT2D eigenvalue weighted by Crippen LogP contribution is 2.30. The molecule has 0 saturated carbocycles. The highest BCUT2D eigenvalue weighted by molar-refractivity contribution is 5.74. The van der Waals surface area contributed by atoms with E-state index in [0.29, 0.717) is 12.4 Å². The summed E-state index contributed by atoms with van der Waals surface area (Å²) in [5.41, 5.74) is 0.987. The summed E-state index contributed by atoms with van der Waals surface area (Å²) in [4.78, 5) is 14.6. The molecule has 26 heavy (non-hydrogen) atoms. The number of methoxy groups -OCH3 is 1. The molecule has 0 unspecified atom stereocenters. The molecule has 1 aromatic rings. The zero-order valence-corrected chi connectivity index (χ0v) is 16.5. The first-order valence-corrected chi connectivity index (χ1v) is 9.59. The molecule has 1 aliphatic rings. The van der Waals surface area contributed by atoms with Gasteiger partial charge in [0.15, 0.2) is 11.5 Å². The van der Waals surface area contributed by atoms with Gasteiger partial charge < -0.3 is 25.0 Å². The first-order chi connectivity index (χ1) is 12.5. The van der Waals surface area contributed by atoms with Crippen LogP contribution in [0.15, 0.2) is 18.2 Å². The van der Waals surface area contributed by atoms with Gasteiger partial charge in [-0.15, -0.1) is 0 Å². The van der Waals surface area contributed by atoms with E-state index in [1.807, 2.05) is 25.1 Å². The topological polar surface area (TPSA) is 62.8 Å². The van der Waals surface area contributed by atoms with Crippen molar-refractivity contribution in [1.29, 1.82) is 0 Å². The number of benzene rings is 1. The number of hydrogen-bond donors (Lipinski definition) is 2. The van der Waals surface area contributed by atoms with Crippen LogP contribution in [0.25, 0.3) is 0 Å². The van der Waals surface area contributed by atoms with Crippen molar-refractivity contribution in [2.75, 3.05) is 33.9 Å². The molecule has 0 spiro atoms. The van der Waals surface area contributed by atoms with Gasteiger partial charge in [0.05, 0.1) is 19.8 Å². The van der Waals surface area contributed by atoms with Crippen molar-refractivity contribution in [1.82, 2.24) is 15.5 Å². The monoisotopic (exact) mass is 363 g/mol. The number of carbonyl (C=O) groups is 1. The number of urea groups is 1. The average molecular weight is 364 g/mol. The van der Waals surface area contributed by atoms with Crippen molar-refractivity contribution < 1.29 is 14.3 Å². The zero-order chi connectivity index (χ0) is 18.9. The Bertz CT molecular complexity index is 579. The zero-order valence-electron chi connectivity index (χ0n) is 16.5. The molecule has 6 nitrogen and oxygen atoms in total. The Labute approximate surface area is 157 Å². The predicted molar refractivity (Wildman–Crippen MR) is 104 cm³/mol. The molecule has 1 saturated heterocycles. The van der Waals surface area contributed by atoms with Crippen LogP contribution in [0.3, 0.4) is 0 Å². The maximum atomic E-state index is 12.3. The summed E-state index contributed by atoms with van der Waals surface area (Å²) in [6.07, 6.45) is 4.25. The third kappa shape index (κ3) is 6.09. The Morgan fingerprint density at radius 2 is 2.19 bits per heavy atom. The van der Waals surface area contributed by atoms with Crippen molar-refractivity contribution in [3.8, 4) is 11.5 Å². The van der Waals surface area contributed by atoms with Gasteiger partial charge in [-0.2, -0.15) is 0 Å². The van der Waals surface area contributed by atoms with Crippen LogP contribution in [-0.4, -0.2) is 50.8 Å². The van der Waals surface area contributed by atoms with Gasteiger partial charge in [0.1, 0.15) is 0 Å². The number of carbonyl (C=O) groups excluding carboxylic acids is 1. The first-order valence-electron chi connectivity index (χ1n) is 9.59. The summed E-state index contributed by atoms with van der Waals surface area (Å²) in [5.74, 6) is 1.44. The van der Waals surface area contributed by atoms with Crippen molar-refractivity contribution in [3.05, 3.63) is 23.8 Å². The number of nitrogens with zero attached hydrogens (tertiary/aromatic N) is 1. The number of hydrogen-bond acceptors (Lipinski definition) is 4. The fourth-order valence-corrected chi connectivity index (χ4v) is 3.19. The Morgan fingerprint density at radius 3 is 2.88 bits per heavy atom. The van der Waals surface area contributed by atoms with E-state index in [0.717, 1.165) is 50.1 Å². The van der Waals surface area contributed by atoms with E-state index in [1.54, 1.807) is 7.11 Å². The van der Waals surface area contributed by atoms with Gasteiger partial charge in [-0.05, 0) is 57.5 Å². The third-order valence-electron chi connectivity index (χ3n) is 4.75. The quantitative estimate of drug-likeness (QED) is 0.696. The first kappa shape index (κ1) is 20.4. The Kier molecular flexibility index (Phi) is 8.04. The smallest absolute Gasteiger partial charge is 0.315 e. The van der Waals surface area contributed by atoms with Crippen LogP contribution in [0.5, 0.6) is 11.5 Å². The minimum atomic E-state index is -0.125. The number of piperidine rings is 1. The van der Waals surface area contributed by atoms with Crippen LogP contribution in [-0.2, 0) is 0 Å². The molecular formula is C20H33N3O3. The van der Waals surface area contributed by atoms with Crippen molar-refractivity contribution >= 4 is 6.03 Å². The number of unbranched alkanes of at least 4 members (excludes halogenated alkanes) is 1. The van der Waals surface area contributed by atoms with E-state index in [9.17, 15) is 4.79 Å². The molecule has 1 fully saturated rings. The Hall–Kier alpha value is -1.95. The molecule has 2 amide bonds. The number of nitrogens with one attached hydrogen (secondary N) is 2. The molecule has 6 heteroatoms. The second-order valence-electron chi connectivity index (χ2n) is 7.05. The minimum Gasteiger partial charge on any atom is -0.493 e. The second kappa shape index (κ2) is 10.3. The van der Waals surface area contributed by atoms with Crippen LogP contribution in [0.2, 0.25) is 0 Å². The average Bonchev–Trinajstić information content (AvgIpc) is 2.62. The number of likely N-dealkylation sites (tertiary alicyclic amines) is 1. The normalized spacial score (nSPS) is 18.8. The fraction of sp³-hybridized carbons (Fsp3) is 0.650. The number of ether oxygens (including phenoxy) is 2. The van der Waals surface area contributed by atoms with Gasteiger partial charge in [-0.3, -0.25) is 0 Å². The molecular weight excluding hydrogens is 330 g/mol. The van der Waals surface area contributed by atoms with E-state index >= 15 is 0 Å². The molecule has 1 aromatic carbocycles. The van der Waals surface area contributed by atoms with Crippen LogP contribution < -0.4 is 20.1 Å². The number of likely N-dealkylation sites (N-methyl/N-ethyl adjacent to an activating group) is 1. The fourth-order valence-electron chi connectivity index (χ4n) is 3.19. The SMILES string of the molecule is CCCCOc1ccc([C@H](C)NC(=O)N[C@H]2CCCN(C)C2)cc1OC. The van der Waals surface area contributed by atoms with Gasteiger partial charge in [0.2, 0.25) is 0 Å². The van der Waals surface area contributed by atoms with Crippen LogP contribution >= 0.6 is 0 Å². The van der Waals surface area contributed by atoms with Crippen LogP contribution in [0, 0.1) is 0 Å². The molecule has 1 aliphatic heterocycles. The highest BCUT2D eigenvalue weighted by atomic mass is 16.5. The van der Waals surface area contributed by atoms with Crippen molar-refractivity contribution in [2.45, 2.75) is 51.6 Å². The summed E-state index contributed by atoms with van der Waals surface area (Å²) < 4.78 is 11.2. The maximum absolute atomic E-state index is 12.3. The molecule has 0 aliphatic carbocycles. The predicted octanol–water partition coefficient (Wildman–Crippen LogP) is 3.33. The highest BCUT2D eigenvalue weighted by Gasteiger charge is 2.20. The van der Waals surface area contributed by atoms with Gasteiger partial charge in [0, 0.05) is 12.6 Å². The lowest BCUT2D eigenvalue weighted by molar-refractivity contribution is 0.207. The Balaban J connectivity index is 1.91. The summed E-state index contributed by atoms with van der Waals surface area (Å²) in [6.45, 7) is 6.78. The molecule has 0 bridgehead atoms. The van der Waals surface area contributed by atoms with E-state index in [4.69, 9.17) is 9.47 Å². The molecule has 1 heterocycles. The molecule has 0 aromatic heterocycles. The summed E-state index contributed by atoms with van der Waals surface area (Å²) in [7, 11) is 3.72. The summed E-state index contributed by atoms with van der Waals surface area (Å²) >= 11 is 0. The van der Waals surface area contributed by atoms with E-state index in [1.165, 1.54) is 0 Å². The maximum Gasteiger partial charge on any atom is 0.315 e. The molecule has 2 rings (SSSR count). The number of amides is 2. The lowest BCUT2D eigenvalue weighted by Crippen LogP contribution is -2.49. The summed E-state index contributed by atoms with van der Waals surface area (Å²) in [5, 5.41) is 6.09.